The van der Waals surface area contributed by atoms with Gasteiger partial charge in [0.1, 0.15) is 18.4 Å². The topological polar surface area (TPSA) is 122 Å². The minimum Gasteiger partial charge on any atom is -0.488 e. The summed E-state index contributed by atoms with van der Waals surface area (Å²) in [6, 6.07) is 19.7. The van der Waals surface area contributed by atoms with Crippen LogP contribution in [-0.4, -0.2) is 40.5 Å². The van der Waals surface area contributed by atoms with E-state index in [1.54, 1.807) is 30.3 Å². The molecule has 0 aliphatic carbocycles. The molecule has 5 amide bonds. The first-order chi connectivity index (χ1) is 17.4. The van der Waals surface area contributed by atoms with Crippen LogP contribution in [0.4, 0.5) is 5.69 Å². The number of benzene rings is 3. The van der Waals surface area contributed by atoms with Crippen LogP contribution in [-0.2, 0) is 16.2 Å². The number of piperidine rings is 1. The van der Waals surface area contributed by atoms with Crippen molar-refractivity contribution in [2.75, 3.05) is 5.32 Å². The zero-order chi connectivity index (χ0) is 25.2. The Morgan fingerprint density at radius 3 is 2.44 bits per heavy atom. The molecular formula is C27H21N3O6. The van der Waals surface area contributed by atoms with Gasteiger partial charge in [0.05, 0.1) is 22.4 Å². The maximum absolute atomic E-state index is 13.3. The van der Waals surface area contributed by atoms with Crippen LogP contribution in [0.3, 0.4) is 0 Å². The van der Waals surface area contributed by atoms with E-state index < -0.39 is 35.6 Å². The maximum atomic E-state index is 13.3. The monoisotopic (exact) mass is 483 g/mol. The molecule has 5 rings (SSSR count). The second-order valence-electron chi connectivity index (χ2n) is 8.40. The molecule has 0 radical (unpaired) electrons. The van der Waals surface area contributed by atoms with Gasteiger partial charge in [0.15, 0.2) is 0 Å². The number of fused-ring (bicyclic) bond motifs is 1. The first-order valence-electron chi connectivity index (χ1n) is 11.4. The summed E-state index contributed by atoms with van der Waals surface area (Å²) in [6.45, 7) is 0.264. The lowest BCUT2D eigenvalue weighted by Gasteiger charge is -2.27. The fourth-order valence-electron chi connectivity index (χ4n) is 4.32. The Morgan fingerprint density at radius 2 is 1.67 bits per heavy atom. The summed E-state index contributed by atoms with van der Waals surface area (Å²) in [7, 11) is 0. The molecule has 9 heteroatoms. The molecule has 1 atom stereocenters. The predicted octanol–water partition coefficient (Wildman–Crippen LogP) is 2.92. The number of carbonyl (C=O) groups excluding carboxylic acids is 5. The van der Waals surface area contributed by atoms with E-state index in [4.69, 9.17) is 4.74 Å². The zero-order valence-corrected chi connectivity index (χ0v) is 19.0. The predicted molar refractivity (Wildman–Crippen MR) is 128 cm³/mol. The van der Waals surface area contributed by atoms with Gasteiger partial charge in [0.2, 0.25) is 11.8 Å². The quantitative estimate of drug-likeness (QED) is 0.520. The van der Waals surface area contributed by atoms with Crippen molar-refractivity contribution >= 4 is 35.2 Å². The van der Waals surface area contributed by atoms with Crippen molar-refractivity contribution in [1.29, 1.82) is 0 Å². The van der Waals surface area contributed by atoms with E-state index in [0.29, 0.717) is 5.75 Å². The van der Waals surface area contributed by atoms with Crippen molar-refractivity contribution in [3.05, 3.63) is 95.1 Å². The van der Waals surface area contributed by atoms with Gasteiger partial charge in [-0.1, -0.05) is 48.5 Å². The van der Waals surface area contributed by atoms with Crippen molar-refractivity contribution in [1.82, 2.24) is 10.2 Å². The standard InChI is InChI=1S/C27H21N3O6/c31-22-14-13-20(25(33)29-22)30-26(34)18-10-6-11-19(23(18)27(30)35)28-24(32)17-9-4-5-12-21(17)36-15-16-7-2-1-3-8-16/h1-12,20H,13-15H2,(H,28,32)(H,29,31,33). The number of hydrogen-bond donors (Lipinski definition) is 2. The highest BCUT2D eigenvalue weighted by Crippen LogP contribution is 2.33. The average molecular weight is 483 g/mol. The minimum atomic E-state index is -1.09. The number of para-hydroxylation sites is 1. The molecule has 0 aromatic heterocycles. The second-order valence-corrected chi connectivity index (χ2v) is 8.40. The SMILES string of the molecule is O=C1CCC(N2C(=O)c3cccc(NC(=O)c4ccccc4OCc4ccccc4)c3C2=O)C(=O)N1. The Balaban J connectivity index is 1.38. The number of nitrogens with zero attached hydrogens (tertiary/aromatic N) is 1. The molecule has 180 valence electrons. The molecule has 2 heterocycles. The fraction of sp³-hybridized carbons (Fsp3) is 0.148. The molecule has 3 aromatic carbocycles. The molecule has 0 saturated carbocycles. The van der Waals surface area contributed by atoms with Crippen LogP contribution in [0.15, 0.2) is 72.8 Å². The van der Waals surface area contributed by atoms with Crippen LogP contribution < -0.4 is 15.4 Å². The Labute approximate surface area is 206 Å². The Bertz CT molecular complexity index is 1400. The van der Waals surface area contributed by atoms with Crippen LogP contribution in [0.25, 0.3) is 0 Å². The van der Waals surface area contributed by atoms with E-state index in [-0.39, 0.29) is 41.8 Å². The van der Waals surface area contributed by atoms with Crippen LogP contribution >= 0.6 is 0 Å². The molecule has 36 heavy (non-hydrogen) atoms. The summed E-state index contributed by atoms with van der Waals surface area (Å²) in [5.41, 5.74) is 1.42. The fourth-order valence-corrected chi connectivity index (χ4v) is 4.32. The van der Waals surface area contributed by atoms with Gasteiger partial charge in [0.25, 0.3) is 17.7 Å². The van der Waals surface area contributed by atoms with Crippen molar-refractivity contribution in [2.45, 2.75) is 25.5 Å². The van der Waals surface area contributed by atoms with Crippen LogP contribution in [0.5, 0.6) is 5.75 Å². The molecule has 1 fully saturated rings. The number of carbonyl (C=O) groups is 5. The first kappa shape index (κ1) is 23.0. The average Bonchev–Trinajstić information content (AvgIpc) is 3.14. The van der Waals surface area contributed by atoms with E-state index in [0.717, 1.165) is 10.5 Å². The molecule has 9 nitrogen and oxygen atoms in total. The summed E-state index contributed by atoms with van der Waals surface area (Å²) < 4.78 is 5.87. The van der Waals surface area contributed by atoms with Gasteiger partial charge in [-0.15, -0.1) is 0 Å². The molecule has 1 saturated heterocycles. The number of nitrogens with one attached hydrogen (secondary N) is 2. The smallest absolute Gasteiger partial charge is 0.264 e. The van der Waals surface area contributed by atoms with Crippen LogP contribution in [0.1, 0.15) is 49.5 Å². The van der Waals surface area contributed by atoms with Crippen molar-refractivity contribution < 1.29 is 28.7 Å². The largest absolute Gasteiger partial charge is 0.488 e. The van der Waals surface area contributed by atoms with E-state index in [1.165, 1.54) is 12.1 Å². The van der Waals surface area contributed by atoms with Gasteiger partial charge in [-0.25, -0.2) is 0 Å². The minimum absolute atomic E-state index is 0.00300. The zero-order valence-electron chi connectivity index (χ0n) is 19.0. The molecule has 0 spiro atoms. The Morgan fingerprint density at radius 1 is 0.917 bits per heavy atom. The molecule has 0 bridgehead atoms. The maximum Gasteiger partial charge on any atom is 0.264 e. The Kier molecular flexibility index (Phi) is 6.03. The van der Waals surface area contributed by atoms with Crippen molar-refractivity contribution in [2.24, 2.45) is 0 Å². The van der Waals surface area contributed by atoms with Crippen molar-refractivity contribution in [3.8, 4) is 5.75 Å². The normalized spacial score (nSPS) is 17.0. The lowest BCUT2D eigenvalue weighted by Crippen LogP contribution is -2.54. The number of imide groups is 2. The molecule has 1 unspecified atom stereocenters. The van der Waals surface area contributed by atoms with E-state index in [1.807, 2.05) is 30.3 Å². The third-order valence-corrected chi connectivity index (χ3v) is 6.09. The van der Waals surface area contributed by atoms with Gasteiger partial charge in [-0.2, -0.15) is 0 Å². The Hall–Kier alpha value is -4.79. The van der Waals surface area contributed by atoms with Gasteiger partial charge in [-0.3, -0.25) is 34.2 Å². The van der Waals surface area contributed by atoms with Crippen molar-refractivity contribution in [3.63, 3.8) is 0 Å². The summed E-state index contributed by atoms with van der Waals surface area (Å²) in [5, 5.41) is 4.88. The highest BCUT2D eigenvalue weighted by Gasteiger charge is 2.45. The van der Waals surface area contributed by atoms with Gasteiger partial charge in [-0.05, 0) is 36.2 Å². The molecule has 2 N–H and O–H groups in total. The second kappa shape index (κ2) is 9.46. The molecular weight excluding hydrogens is 462 g/mol. The van der Waals surface area contributed by atoms with E-state index in [9.17, 15) is 24.0 Å². The van der Waals surface area contributed by atoms with Gasteiger partial charge in [0, 0.05) is 6.42 Å². The highest BCUT2D eigenvalue weighted by atomic mass is 16.5. The lowest BCUT2D eigenvalue weighted by molar-refractivity contribution is -0.136. The number of amides is 5. The summed E-state index contributed by atoms with van der Waals surface area (Å²) >= 11 is 0. The van der Waals surface area contributed by atoms with Crippen LogP contribution in [0, 0.1) is 0 Å². The van der Waals surface area contributed by atoms with E-state index in [2.05, 4.69) is 10.6 Å². The van der Waals surface area contributed by atoms with Gasteiger partial charge >= 0.3 is 0 Å². The first-order valence-corrected chi connectivity index (χ1v) is 11.4. The number of hydrogen-bond acceptors (Lipinski definition) is 6. The highest BCUT2D eigenvalue weighted by molar-refractivity contribution is 6.26. The van der Waals surface area contributed by atoms with E-state index >= 15 is 0 Å². The summed E-state index contributed by atoms with van der Waals surface area (Å²) in [5.74, 6) is -2.66. The summed E-state index contributed by atoms with van der Waals surface area (Å²) in [4.78, 5) is 64.2. The number of ether oxygens (including phenoxy) is 1. The lowest BCUT2D eigenvalue weighted by atomic mass is 10.0. The third kappa shape index (κ3) is 4.22. The number of rotatable bonds is 6. The van der Waals surface area contributed by atoms with Crippen LogP contribution in [0.2, 0.25) is 0 Å². The number of anilines is 1. The van der Waals surface area contributed by atoms with Gasteiger partial charge < -0.3 is 10.1 Å². The molecule has 2 aliphatic rings. The molecule has 2 aliphatic heterocycles. The third-order valence-electron chi connectivity index (χ3n) is 6.09. The summed E-state index contributed by atoms with van der Waals surface area (Å²) in [6.07, 6.45) is 0.0666. The molecule has 3 aromatic rings.